The molecule has 3 N–H and O–H groups in total. The molecule has 4 heteroatoms. The van der Waals surface area contributed by atoms with Crippen molar-refractivity contribution in [2.24, 2.45) is 5.73 Å². The van der Waals surface area contributed by atoms with Gasteiger partial charge in [0.05, 0.1) is 7.11 Å². The van der Waals surface area contributed by atoms with Crippen molar-refractivity contribution in [3.8, 4) is 5.88 Å². The van der Waals surface area contributed by atoms with Gasteiger partial charge in [-0.2, -0.15) is 0 Å². The van der Waals surface area contributed by atoms with Gasteiger partial charge in [-0.3, -0.25) is 0 Å². The Kier molecular flexibility index (Phi) is 4.96. The number of nitrogens with one attached hydrogen (secondary N) is 1. The number of methoxy groups -OCH3 is 1. The third-order valence-electron chi connectivity index (χ3n) is 1.89. The summed E-state index contributed by atoms with van der Waals surface area (Å²) in [7, 11) is 1.61. The summed E-state index contributed by atoms with van der Waals surface area (Å²) in [4.78, 5) is 4.11. The van der Waals surface area contributed by atoms with Gasteiger partial charge in [0.15, 0.2) is 0 Å². The molecule has 0 radical (unpaired) electrons. The van der Waals surface area contributed by atoms with E-state index in [-0.39, 0.29) is 0 Å². The van der Waals surface area contributed by atoms with Crippen LogP contribution in [0.15, 0.2) is 18.3 Å². The van der Waals surface area contributed by atoms with E-state index in [0.29, 0.717) is 5.88 Å². The van der Waals surface area contributed by atoms with E-state index in [0.717, 1.165) is 31.6 Å². The number of nitrogens with two attached hydrogens (primary N) is 1. The molecule has 1 aromatic heterocycles. The van der Waals surface area contributed by atoms with Gasteiger partial charge in [-0.1, -0.05) is 6.07 Å². The molecule has 0 amide bonds. The second-order valence-electron chi connectivity index (χ2n) is 3.03. The molecule has 0 saturated heterocycles. The number of ether oxygens (including phenoxy) is 1. The van der Waals surface area contributed by atoms with Crippen LogP contribution in [-0.2, 0) is 6.54 Å². The summed E-state index contributed by atoms with van der Waals surface area (Å²) in [6, 6.07) is 3.86. The van der Waals surface area contributed by atoms with E-state index in [1.54, 1.807) is 7.11 Å². The molecule has 0 atom stereocenters. The zero-order valence-electron chi connectivity index (χ0n) is 8.49. The van der Waals surface area contributed by atoms with Crippen LogP contribution in [0.4, 0.5) is 0 Å². The summed E-state index contributed by atoms with van der Waals surface area (Å²) >= 11 is 0. The number of hydrogen-bond donors (Lipinski definition) is 2. The third kappa shape index (κ3) is 3.72. The summed E-state index contributed by atoms with van der Waals surface area (Å²) < 4.78 is 4.96. The number of hydrogen-bond acceptors (Lipinski definition) is 4. The van der Waals surface area contributed by atoms with Crippen LogP contribution in [0.3, 0.4) is 0 Å². The second-order valence-corrected chi connectivity index (χ2v) is 3.03. The first-order valence-corrected chi connectivity index (χ1v) is 4.76. The predicted octanol–water partition coefficient (Wildman–Crippen LogP) is 0.529. The van der Waals surface area contributed by atoms with Crippen LogP contribution in [0.25, 0.3) is 0 Å². The van der Waals surface area contributed by atoms with Gasteiger partial charge in [0.2, 0.25) is 5.88 Å². The van der Waals surface area contributed by atoms with Crippen molar-refractivity contribution >= 4 is 0 Å². The molecule has 0 aliphatic heterocycles. The highest BCUT2D eigenvalue weighted by Gasteiger charge is 1.94. The van der Waals surface area contributed by atoms with E-state index < -0.39 is 0 Å². The molecule has 0 aliphatic rings. The Morgan fingerprint density at radius 2 is 2.36 bits per heavy atom. The maximum Gasteiger partial charge on any atom is 0.212 e. The molecule has 1 rings (SSSR count). The lowest BCUT2D eigenvalue weighted by atomic mass is 10.3. The van der Waals surface area contributed by atoms with Gasteiger partial charge in [0.25, 0.3) is 0 Å². The molecule has 0 spiro atoms. The molecule has 0 aromatic carbocycles. The largest absolute Gasteiger partial charge is 0.481 e. The van der Waals surface area contributed by atoms with Crippen molar-refractivity contribution in [3.63, 3.8) is 0 Å². The average molecular weight is 195 g/mol. The highest BCUT2D eigenvalue weighted by molar-refractivity contribution is 5.17. The first-order chi connectivity index (χ1) is 6.86. The number of aromatic nitrogens is 1. The molecule has 14 heavy (non-hydrogen) atoms. The summed E-state index contributed by atoms with van der Waals surface area (Å²) in [5, 5.41) is 3.28. The van der Waals surface area contributed by atoms with Crippen LogP contribution in [0.2, 0.25) is 0 Å². The summed E-state index contributed by atoms with van der Waals surface area (Å²) in [6.07, 6.45) is 2.82. The topological polar surface area (TPSA) is 60.2 Å². The molecular weight excluding hydrogens is 178 g/mol. The van der Waals surface area contributed by atoms with Crippen molar-refractivity contribution < 1.29 is 4.74 Å². The lowest BCUT2D eigenvalue weighted by molar-refractivity contribution is 0.397. The van der Waals surface area contributed by atoms with Gasteiger partial charge in [-0.15, -0.1) is 0 Å². The normalized spacial score (nSPS) is 10.1. The number of pyridine rings is 1. The fourth-order valence-electron chi connectivity index (χ4n) is 1.10. The monoisotopic (exact) mass is 195 g/mol. The van der Waals surface area contributed by atoms with Crippen LogP contribution in [0.1, 0.15) is 12.0 Å². The molecule has 0 fully saturated rings. The highest BCUT2D eigenvalue weighted by atomic mass is 16.5. The van der Waals surface area contributed by atoms with Gasteiger partial charge in [0, 0.05) is 18.8 Å². The summed E-state index contributed by atoms with van der Waals surface area (Å²) in [5.41, 5.74) is 6.53. The van der Waals surface area contributed by atoms with E-state index in [1.807, 2.05) is 18.3 Å². The molecule has 0 aliphatic carbocycles. The van der Waals surface area contributed by atoms with Crippen molar-refractivity contribution in [3.05, 3.63) is 23.9 Å². The smallest absolute Gasteiger partial charge is 0.212 e. The third-order valence-corrected chi connectivity index (χ3v) is 1.89. The Morgan fingerprint density at radius 1 is 1.50 bits per heavy atom. The SMILES string of the molecule is COc1ccc(CNCCCN)cn1. The molecule has 4 nitrogen and oxygen atoms in total. The quantitative estimate of drug-likeness (QED) is 0.650. The maximum absolute atomic E-state index is 5.38. The predicted molar refractivity (Wildman–Crippen MR) is 56.2 cm³/mol. The van der Waals surface area contributed by atoms with Crippen molar-refractivity contribution in [1.82, 2.24) is 10.3 Å². The van der Waals surface area contributed by atoms with Crippen molar-refractivity contribution in [2.75, 3.05) is 20.2 Å². The molecular formula is C10H17N3O. The van der Waals surface area contributed by atoms with Gasteiger partial charge >= 0.3 is 0 Å². The van der Waals surface area contributed by atoms with Gasteiger partial charge < -0.3 is 15.8 Å². The summed E-state index contributed by atoms with van der Waals surface area (Å²) in [5.74, 6) is 0.649. The van der Waals surface area contributed by atoms with Gasteiger partial charge in [0.1, 0.15) is 0 Å². The van der Waals surface area contributed by atoms with Crippen LogP contribution in [0.5, 0.6) is 5.88 Å². The Morgan fingerprint density at radius 3 is 2.93 bits per heavy atom. The summed E-state index contributed by atoms with van der Waals surface area (Å²) in [6.45, 7) is 2.51. The minimum atomic E-state index is 0.649. The highest BCUT2D eigenvalue weighted by Crippen LogP contribution is 2.05. The lowest BCUT2D eigenvalue weighted by Gasteiger charge is -2.04. The Balaban J connectivity index is 2.29. The van der Waals surface area contributed by atoms with E-state index >= 15 is 0 Å². The Bertz CT molecular complexity index is 248. The lowest BCUT2D eigenvalue weighted by Crippen LogP contribution is -2.17. The Labute approximate surface area is 84.5 Å². The minimum Gasteiger partial charge on any atom is -0.481 e. The molecule has 78 valence electrons. The molecule has 0 bridgehead atoms. The first-order valence-electron chi connectivity index (χ1n) is 4.76. The second kappa shape index (κ2) is 6.34. The fourth-order valence-corrected chi connectivity index (χ4v) is 1.10. The van der Waals surface area contributed by atoms with E-state index in [9.17, 15) is 0 Å². The van der Waals surface area contributed by atoms with Crippen molar-refractivity contribution in [1.29, 1.82) is 0 Å². The zero-order chi connectivity index (χ0) is 10.2. The van der Waals surface area contributed by atoms with Crippen LogP contribution in [-0.4, -0.2) is 25.2 Å². The molecule has 0 unspecified atom stereocenters. The average Bonchev–Trinajstić information content (AvgIpc) is 2.25. The van der Waals surface area contributed by atoms with Crippen LogP contribution in [0, 0.1) is 0 Å². The molecule has 1 heterocycles. The van der Waals surface area contributed by atoms with Crippen molar-refractivity contribution in [2.45, 2.75) is 13.0 Å². The number of rotatable bonds is 6. The zero-order valence-corrected chi connectivity index (χ0v) is 8.49. The van der Waals surface area contributed by atoms with Crippen LogP contribution >= 0.6 is 0 Å². The first kappa shape index (κ1) is 10.9. The van der Waals surface area contributed by atoms with E-state index in [2.05, 4.69) is 10.3 Å². The Hall–Kier alpha value is -1.13. The van der Waals surface area contributed by atoms with Gasteiger partial charge in [-0.05, 0) is 25.1 Å². The van der Waals surface area contributed by atoms with Gasteiger partial charge in [-0.25, -0.2) is 4.98 Å². The minimum absolute atomic E-state index is 0.649. The van der Waals surface area contributed by atoms with E-state index in [4.69, 9.17) is 10.5 Å². The molecule has 0 saturated carbocycles. The number of nitrogens with zero attached hydrogens (tertiary/aromatic N) is 1. The standard InChI is InChI=1S/C10H17N3O/c1-14-10-4-3-9(8-13-10)7-12-6-2-5-11/h3-4,8,12H,2,5-7,11H2,1H3. The molecule has 1 aromatic rings. The van der Waals surface area contributed by atoms with Crippen LogP contribution < -0.4 is 15.8 Å². The maximum atomic E-state index is 5.38. The van der Waals surface area contributed by atoms with E-state index in [1.165, 1.54) is 0 Å². The fraction of sp³-hybridized carbons (Fsp3) is 0.500.